The Morgan fingerprint density at radius 1 is 1.00 bits per heavy atom. The molecule has 19 heavy (non-hydrogen) atoms. The van der Waals surface area contributed by atoms with E-state index in [1.54, 1.807) is 0 Å². The maximum atomic E-state index is 12.0. The molecule has 112 valence electrons. The lowest BCUT2D eigenvalue weighted by atomic mass is 9.73. The van der Waals surface area contributed by atoms with Crippen molar-refractivity contribution in [3.63, 3.8) is 0 Å². The van der Waals surface area contributed by atoms with Crippen molar-refractivity contribution < 1.29 is 9.59 Å². The highest BCUT2D eigenvalue weighted by atomic mass is 16.1. The Morgan fingerprint density at radius 3 is 1.95 bits per heavy atom. The molecular formula is C15H30N2O2. The van der Waals surface area contributed by atoms with Crippen molar-refractivity contribution in [3.8, 4) is 0 Å². The van der Waals surface area contributed by atoms with Crippen LogP contribution in [0.5, 0.6) is 0 Å². The summed E-state index contributed by atoms with van der Waals surface area (Å²) in [6.45, 7) is 15.0. The van der Waals surface area contributed by atoms with Crippen molar-refractivity contribution in [3.05, 3.63) is 0 Å². The lowest BCUT2D eigenvalue weighted by Crippen LogP contribution is -2.43. The van der Waals surface area contributed by atoms with Gasteiger partial charge < -0.3 is 10.6 Å². The zero-order valence-corrected chi connectivity index (χ0v) is 13.5. The average molecular weight is 270 g/mol. The molecule has 0 saturated carbocycles. The minimum atomic E-state index is -0.193. The fraction of sp³-hybridized carbons (Fsp3) is 0.867. The summed E-state index contributed by atoms with van der Waals surface area (Å²) in [6, 6.07) is 0. The van der Waals surface area contributed by atoms with Crippen LogP contribution in [0.2, 0.25) is 0 Å². The highest BCUT2D eigenvalue weighted by Crippen LogP contribution is 2.35. The Bertz CT molecular complexity index is 315. The second-order valence-electron chi connectivity index (χ2n) is 7.98. The van der Waals surface area contributed by atoms with Crippen LogP contribution >= 0.6 is 0 Å². The van der Waals surface area contributed by atoms with Gasteiger partial charge in [-0.1, -0.05) is 27.7 Å². The maximum absolute atomic E-state index is 12.0. The molecule has 0 aliphatic rings. The van der Waals surface area contributed by atoms with E-state index in [2.05, 4.69) is 38.3 Å². The first-order chi connectivity index (χ1) is 8.37. The third-order valence-corrected chi connectivity index (χ3v) is 2.77. The molecule has 0 rings (SSSR count). The van der Waals surface area contributed by atoms with Gasteiger partial charge in [0.2, 0.25) is 12.3 Å². The molecule has 0 radical (unpaired) electrons. The number of nitrogens with one attached hydrogen (secondary N) is 2. The molecule has 0 saturated heterocycles. The number of rotatable bonds is 7. The number of hydrogen-bond donors (Lipinski definition) is 2. The van der Waals surface area contributed by atoms with Crippen LogP contribution in [0.3, 0.4) is 0 Å². The Balaban J connectivity index is 4.46. The standard InChI is InChI=1S/C15H30N2O2/c1-13(2,3)17-12(19)8-14(4,5)9-15(6,7)10-16-11-18/h11H,8-10H2,1-7H3,(H,16,18)(H,17,19). The Kier molecular flexibility index (Phi) is 6.04. The monoisotopic (exact) mass is 270 g/mol. The molecule has 0 spiro atoms. The van der Waals surface area contributed by atoms with Crippen molar-refractivity contribution in [2.24, 2.45) is 10.8 Å². The molecule has 0 bridgehead atoms. The fourth-order valence-corrected chi connectivity index (χ4v) is 2.64. The van der Waals surface area contributed by atoms with E-state index in [1.165, 1.54) is 0 Å². The quantitative estimate of drug-likeness (QED) is 0.698. The highest BCUT2D eigenvalue weighted by molar-refractivity contribution is 5.77. The van der Waals surface area contributed by atoms with E-state index < -0.39 is 0 Å². The lowest BCUT2D eigenvalue weighted by molar-refractivity contribution is -0.125. The Labute approximate surface area is 117 Å². The second-order valence-corrected chi connectivity index (χ2v) is 7.98. The van der Waals surface area contributed by atoms with Gasteiger partial charge in [-0.3, -0.25) is 9.59 Å². The summed E-state index contributed by atoms with van der Waals surface area (Å²) in [5.74, 6) is 0.0802. The third-order valence-electron chi connectivity index (χ3n) is 2.77. The van der Waals surface area contributed by atoms with Gasteiger partial charge in [-0.2, -0.15) is 0 Å². The van der Waals surface area contributed by atoms with Crippen LogP contribution in [0.25, 0.3) is 0 Å². The molecule has 4 heteroatoms. The molecule has 0 unspecified atom stereocenters. The molecule has 0 aromatic carbocycles. The molecule has 2 amide bonds. The van der Waals surface area contributed by atoms with Gasteiger partial charge in [-0.25, -0.2) is 0 Å². The van der Waals surface area contributed by atoms with Gasteiger partial charge >= 0.3 is 0 Å². The molecule has 0 aliphatic heterocycles. The first-order valence-electron chi connectivity index (χ1n) is 6.85. The van der Waals surface area contributed by atoms with E-state index in [1.807, 2.05) is 20.8 Å². The third kappa shape index (κ3) is 9.51. The smallest absolute Gasteiger partial charge is 0.220 e. The SMILES string of the molecule is CC(C)(CNC=O)CC(C)(C)CC(=O)NC(C)(C)C. The molecule has 0 aromatic heterocycles. The van der Waals surface area contributed by atoms with E-state index in [4.69, 9.17) is 0 Å². The number of carbonyl (C=O) groups excluding carboxylic acids is 2. The van der Waals surface area contributed by atoms with Gasteiger partial charge in [0.15, 0.2) is 0 Å². The van der Waals surface area contributed by atoms with Crippen LogP contribution in [-0.2, 0) is 9.59 Å². The van der Waals surface area contributed by atoms with Gasteiger partial charge in [-0.05, 0) is 38.0 Å². The van der Waals surface area contributed by atoms with E-state index in [0.29, 0.717) is 13.0 Å². The summed E-state index contributed by atoms with van der Waals surface area (Å²) in [6.07, 6.45) is 2.09. The van der Waals surface area contributed by atoms with Gasteiger partial charge in [0.05, 0.1) is 0 Å². The molecule has 0 heterocycles. The van der Waals surface area contributed by atoms with E-state index >= 15 is 0 Å². The van der Waals surface area contributed by atoms with E-state index in [9.17, 15) is 9.59 Å². The molecule has 0 aromatic rings. The predicted molar refractivity (Wildman–Crippen MR) is 78.8 cm³/mol. The van der Waals surface area contributed by atoms with Crippen LogP contribution in [0.4, 0.5) is 0 Å². The average Bonchev–Trinajstić information content (AvgIpc) is 2.08. The van der Waals surface area contributed by atoms with Crippen molar-refractivity contribution >= 4 is 12.3 Å². The molecule has 0 aliphatic carbocycles. The molecular weight excluding hydrogens is 240 g/mol. The molecule has 0 fully saturated rings. The molecule has 2 N–H and O–H groups in total. The predicted octanol–water partition coefficient (Wildman–Crippen LogP) is 2.48. The zero-order valence-electron chi connectivity index (χ0n) is 13.5. The van der Waals surface area contributed by atoms with Gasteiger partial charge in [0, 0.05) is 18.5 Å². The summed E-state index contributed by atoms with van der Waals surface area (Å²) >= 11 is 0. The largest absolute Gasteiger partial charge is 0.358 e. The summed E-state index contributed by atoms with van der Waals surface area (Å²) < 4.78 is 0. The lowest BCUT2D eigenvalue weighted by Gasteiger charge is -2.35. The van der Waals surface area contributed by atoms with Gasteiger partial charge in [-0.15, -0.1) is 0 Å². The van der Waals surface area contributed by atoms with Crippen LogP contribution in [0.15, 0.2) is 0 Å². The minimum absolute atomic E-state index is 0.0214. The summed E-state index contributed by atoms with van der Waals surface area (Å²) in [7, 11) is 0. The summed E-state index contributed by atoms with van der Waals surface area (Å²) in [5.41, 5.74) is -0.308. The van der Waals surface area contributed by atoms with Crippen molar-refractivity contribution in [1.82, 2.24) is 10.6 Å². The minimum Gasteiger partial charge on any atom is -0.358 e. The first kappa shape index (κ1) is 17.9. The van der Waals surface area contributed by atoms with E-state index in [0.717, 1.165) is 12.8 Å². The van der Waals surface area contributed by atoms with Crippen LogP contribution in [0, 0.1) is 10.8 Å². The van der Waals surface area contributed by atoms with Crippen molar-refractivity contribution in [2.75, 3.05) is 6.54 Å². The normalized spacial score (nSPS) is 13.0. The summed E-state index contributed by atoms with van der Waals surface area (Å²) in [4.78, 5) is 22.4. The summed E-state index contributed by atoms with van der Waals surface area (Å²) in [5, 5.41) is 5.72. The molecule has 0 atom stereocenters. The van der Waals surface area contributed by atoms with Crippen molar-refractivity contribution in [2.45, 2.75) is 66.8 Å². The second kappa shape index (κ2) is 6.40. The van der Waals surface area contributed by atoms with Crippen LogP contribution in [-0.4, -0.2) is 24.4 Å². The van der Waals surface area contributed by atoms with Gasteiger partial charge in [0.25, 0.3) is 0 Å². The highest BCUT2D eigenvalue weighted by Gasteiger charge is 2.31. The van der Waals surface area contributed by atoms with Crippen molar-refractivity contribution in [1.29, 1.82) is 0 Å². The van der Waals surface area contributed by atoms with E-state index in [-0.39, 0.29) is 22.3 Å². The fourth-order valence-electron chi connectivity index (χ4n) is 2.64. The van der Waals surface area contributed by atoms with Crippen LogP contribution < -0.4 is 10.6 Å². The first-order valence-corrected chi connectivity index (χ1v) is 6.85. The maximum Gasteiger partial charge on any atom is 0.220 e. The zero-order chi connectivity index (χ0) is 15.3. The topological polar surface area (TPSA) is 58.2 Å². The number of hydrogen-bond acceptors (Lipinski definition) is 2. The van der Waals surface area contributed by atoms with Crippen LogP contribution in [0.1, 0.15) is 61.3 Å². The Morgan fingerprint density at radius 2 is 1.53 bits per heavy atom. The van der Waals surface area contributed by atoms with Gasteiger partial charge in [0.1, 0.15) is 0 Å². The number of amides is 2. The number of carbonyl (C=O) groups is 2. The molecule has 4 nitrogen and oxygen atoms in total. The Hall–Kier alpha value is -1.06.